The Kier molecular flexibility index (Phi) is 5.20. The van der Waals surface area contributed by atoms with Crippen LogP contribution in [0.4, 0.5) is 4.39 Å². The van der Waals surface area contributed by atoms with E-state index in [1.807, 2.05) is 12.1 Å². The lowest BCUT2D eigenvalue weighted by atomic mass is 9.99. The molecule has 7 heteroatoms. The van der Waals surface area contributed by atoms with E-state index >= 15 is 0 Å². The molecule has 2 amide bonds. The first-order valence-electron chi connectivity index (χ1n) is 8.73. The number of carbonyl (C=O) groups is 2. The molecule has 0 saturated carbocycles. The minimum absolute atomic E-state index is 0.275. The van der Waals surface area contributed by atoms with Crippen molar-refractivity contribution in [3.8, 4) is 0 Å². The quantitative estimate of drug-likeness (QED) is 0.607. The Hall–Kier alpha value is -3.19. The zero-order chi connectivity index (χ0) is 20.5. The summed E-state index contributed by atoms with van der Waals surface area (Å²) in [7, 11) is 0. The van der Waals surface area contributed by atoms with Crippen LogP contribution in [0.3, 0.4) is 0 Å². The largest absolute Gasteiger partial charge is 0.461 e. The zero-order valence-electron chi connectivity index (χ0n) is 15.6. The summed E-state index contributed by atoms with van der Waals surface area (Å²) in [6.45, 7) is 2.37. The summed E-state index contributed by atoms with van der Waals surface area (Å²) in [5.74, 6) is -1.32. The lowest BCUT2D eigenvalue weighted by Crippen LogP contribution is -2.57. The van der Waals surface area contributed by atoms with Gasteiger partial charge in [-0.25, -0.2) is 4.39 Å². The number of hydrogen-bond donors (Lipinski definition) is 3. The van der Waals surface area contributed by atoms with Gasteiger partial charge in [0.15, 0.2) is 0 Å². The normalized spacial score (nSPS) is 13.3. The van der Waals surface area contributed by atoms with E-state index in [0.717, 1.165) is 11.1 Å². The van der Waals surface area contributed by atoms with Gasteiger partial charge in [-0.2, -0.15) is 0 Å². The van der Waals surface area contributed by atoms with E-state index in [2.05, 4.69) is 5.32 Å². The molecule has 3 rings (SSSR count). The maximum Gasteiger partial charge on any atom is 0.256 e. The van der Waals surface area contributed by atoms with Gasteiger partial charge in [-0.1, -0.05) is 18.2 Å². The van der Waals surface area contributed by atoms with Crippen LogP contribution < -0.4 is 11.1 Å². The van der Waals surface area contributed by atoms with Crippen molar-refractivity contribution in [2.75, 3.05) is 6.61 Å². The second kappa shape index (κ2) is 7.44. The van der Waals surface area contributed by atoms with Crippen LogP contribution in [0.25, 0.3) is 11.0 Å². The van der Waals surface area contributed by atoms with Gasteiger partial charge in [0.2, 0.25) is 5.91 Å². The maximum absolute atomic E-state index is 13.1. The first-order valence-corrected chi connectivity index (χ1v) is 8.73. The number of primary amides is 1. The molecule has 3 aromatic rings. The van der Waals surface area contributed by atoms with Crippen LogP contribution in [-0.4, -0.2) is 29.1 Å². The number of nitrogens with one attached hydrogen (secondary N) is 1. The van der Waals surface area contributed by atoms with Crippen LogP contribution >= 0.6 is 0 Å². The average molecular weight is 384 g/mol. The third kappa shape index (κ3) is 3.75. The van der Waals surface area contributed by atoms with Crippen molar-refractivity contribution in [2.24, 2.45) is 5.73 Å². The summed E-state index contributed by atoms with van der Waals surface area (Å²) >= 11 is 0. The summed E-state index contributed by atoms with van der Waals surface area (Å²) < 4.78 is 18.8. The standard InChI is InChI=1S/C21H21FN2O4/c1-12-18(19(26)24-21(2,11-25)20(23)27)16-10-14(5-8-17(16)28-12)9-13-3-6-15(22)7-4-13/h3-8,10,25H,9,11H2,1-2H3,(H2,23,27)(H,24,26)/t21-/m0/s1. The van der Waals surface area contributed by atoms with Crippen molar-refractivity contribution in [3.63, 3.8) is 0 Å². The Balaban J connectivity index is 1.96. The Labute approximate surface area is 161 Å². The summed E-state index contributed by atoms with van der Waals surface area (Å²) in [6, 6.07) is 11.7. The van der Waals surface area contributed by atoms with E-state index in [-0.39, 0.29) is 11.4 Å². The predicted octanol–water partition coefficient (Wildman–Crippen LogP) is 2.44. The molecule has 0 aliphatic rings. The number of nitrogens with two attached hydrogens (primary N) is 1. The average Bonchev–Trinajstić information content (AvgIpc) is 2.98. The van der Waals surface area contributed by atoms with Crippen molar-refractivity contribution in [1.82, 2.24) is 5.32 Å². The highest BCUT2D eigenvalue weighted by Gasteiger charge is 2.34. The minimum Gasteiger partial charge on any atom is -0.461 e. The van der Waals surface area contributed by atoms with Crippen LogP contribution in [0.5, 0.6) is 0 Å². The fourth-order valence-corrected chi connectivity index (χ4v) is 2.99. The molecular formula is C21H21FN2O4. The molecule has 0 bridgehead atoms. The number of hydrogen-bond acceptors (Lipinski definition) is 4. The van der Waals surface area contributed by atoms with Gasteiger partial charge in [-0.15, -0.1) is 0 Å². The van der Waals surface area contributed by atoms with Crippen molar-refractivity contribution in [1.29, 1.82) is 0 Å². The number of benzene rings is 2. The van der Waals surface area contributed by atoms with Crippen molar-refractivity contribution >= 4 is 22.8 Å². The summed E-state index contributed by atoms with van der Waals surface area (Å²) in [6.07, 6.45) is 0.553. The molecule has 0 unspecified atom stereocenters. The van der Waals surface area contributed by atoms with Crippen molar-refractivity contribution in [2.45, 2.75) is 25.8 Å². The van der Waals surface area contributed by atoms with Gasteiger partial charge in [0.05, 0.1) is 12.2 Å². The number of fused-ring (bicyclic) bond motifs is 1. The van der Waals surface area contributed by atoms with Gasteiger partial charge in [-0.05, 0) is 55.7 Å². The Morgan fingerprint density at radius 2 is 1.82 bits per heavy atom. The van der Waals surface area contributed by atoms with Crippen LogP contribution in [0.15, 0.2) is 46.9 Å². The Morgan fingerprint density at radius 1 is 1.18 bits per heavy atom. The molecule has 4 N–H and O–H groups in total. The molecular weight excluding hydrogens is 363 g/mol. The fourth-order valence-electron chi connectivity index (χ4n) is 2.99. The van der Waals surface area contributed by atoms with Gasteiger partial charge < -0.3 is 20.6 Å². The molecule has 0 aliphatic carbocycles. The van der Waals surface area contributed by atoms with E-state index in [0.29, 0.717) is 23.2 Å². The maximum atomic E-state index is 13.1. The molecule has 0 saturated heterocycles. The molecule has 146 valence electrons. The number of aliphatic hydroxyl groups is 1. The number of halogens is 1. The topological polar surface area (TPSA) is 106 Å². The van der Waals surface area contributed by atoms with E-state index in [9.17, 15) is 19.1 Å². The molecule has 0 radical (unpaired) electrons. The molecule has 1 atom stereocenters. The molecule has 1 heterocycles. The molecule has 0 fully saturated rings. The molecule has 1 aromatic heterocycles. The summed E-state index contributed by atoms with van der Waals surface area (Å²) in [5.41, 5.74) is 6.34. The number of carbonyl (C=O) groups excluding carboxylic acids is 2. The van der Waals surface area contributed by atoms with Crippen molar-refractivity contribution < 1.29 is 23.5 Å². The third-order valence-corrected chi connectivity index (χ3v) is 4.73. The van der Waals surface area contributed by atoms with Gasteiger partial charge in [0, 0.05) is 5.39 Å². The Bertz CT molecular complexity index is 1040. The number of aliphatic hydroxyl groups excluding tert-OH is 1. The van der Waals surface area contributed by atoms with Crippen LogP contribution in [0.1, 0.15) is 34.2 Å². The third-order valence-electron chi connectivity index (χ3n) is 4.73. The second-order valence-corrected chi connectivity index (χ2v) is 6.98. The second-order valence-electron chi connectivity index (χ2n) is 6.98. The monoisotopic (exact) mass is 384 g/mol. The van der Waals surface area contributed by atoms with Crippen LogP contribution in [0.2, 0.25) is 0 Å². The van der Waals surface area contributed by atoms with Gasteiger partial charge in [0.25, 0.3) is 5.91 Å². The summed E-state index contributed by atoms with van der Waals surface area (Å²) in [5, 5.41) is 12.5. The zero-order valence-corrected chi connectivity index (χ0v) is 15.6. The minimum atomic E-state index is -1.58. The lowest BCUT2D eigenvalue weighted by molar-refractivity contribution is -0.124. The molecule has 28 heavy (non-hydrogen) atoms. The lowest BCUT2D eigenvalue weighted by Gasteiger charge is -2.24. The van der Waals surface area contributed by atoms with E-state index in [1.54, 1.807) is 25.1 Å². The van der Waals surface area contributed by atoms with E-state index < -0.39 is 24.0 Å². The molecule has 6 nitrogen and oxygen atoms in total. The smallest absolute Gasteiger partial charge is 0.256 e. The predicted molar refractivity (Wildman–Crippen MR) is 102 cm³/mol. The highest BCUT2D eigenvalue weighted by atomic mass is 19.1. The van der Waals surface area contributed by atoms with E-state index in [1.165, 1.54) is 19.1 Å². The highest BCUT2D eigenvalue weighted by Crippen LogP contribution is 2.28. The van der Waals surface area contributed by atoms with Gasteiger partial charge in [-0.3, -0.25) is 9.59 Å². The van der Waals surface area contributed by atoms with Crippen LogP contribution in [-0.2, 0) is 11.2 Å². The van der Waals surface area contributed by atoms with Gasteiger partial charge in [0.1, 0.15) is 22.7 Å². The van der Waals surface area contributed by atoms with Crippen LogP contribution in [0, 0.1) is 12.7 Å². The van der Waals surface area contributed by atoms with E-state index in [4.69, 9.17) is 10.2 Å². The first-order chi connectivity index (χ1) is 13.2. The highest BCUT2D eigenvalue weighted by molar-refractivity contribution is 6.09. The number of amides is 2. The number of rotatable bonds is 6. The SMILES string of the molecule is Cc1oc2ccc(Cc3ccc(F)cc3)cc2c1C(=O)N[C@@](C)(CO)C(N)=O. The Morgan fingerprint density at radius 3 is 2.43 bits per heavy atom. The molecule has 2 aromatic carbocycles. The number of aryl methyl sites for hydroxylation is 1. The van der Waals surface area contributed by atoms with Crippen molar-refractivity contribution in [3.05, 3.63) is 70.7 Å². The first kappa shape index (κ1) is 19.6. The molecule has 0 spiro atoms. The fraction of sp³-hybridized carbons (Fsp3) is 0.238. The summed E-state index contributed by atoms with van der Waals surface area (Å²) in [4.78, 5) is 24.4. The van der Waals surface area contributed by atoms with Gasteiger partial charge >= 0.3 is 0 Å². The number of furan rings is 1. The molecule has 0 aliphatic heterocycles.